The largest absolute Gasteiger partial charge is 0.479 e. The van der Waals surface area contributed by atoms with Crippen molar-refractivity contribution >= 4 is 13.8 Å². The number of aliphatic carboxylic acids is 1. The highest BCUT2D eigenvalue weighted by Gasteiger charge is 2.49. The molecule has 0 aromatic rings. The number of ether oxygens (including phenoxy) is 1. The van der Waals surface area contributed by atoms with E-state index in [2.05, 4.69) is 9.26 Å². The van der Waals surface area contributed by atoms with E-state index < -0.39 is 44.5 Å². The number of phosphoric ester groups is 1. The molecule has 10 nitrogen and oxygen atoms in total. The van der Waals surface area contributed by atoms with Crippen LogP contribution >= 0.6 is 7.82 Å². The molecule has 17 heavy (non-hydrogen) atoms. The fourth-order valence-electron chi connectivity index (χ4n) is 1.27. The third-order valence-corrected chi connectivity index (χ3v) is 2.54. The fraction of sp³-hybridized carbons (Fsp3) is 0.833. The summed E-state index contributed by atoms with van der Waals surface area (Å²) >= 11 is 0. The number of hydrogen-bond donors (Lipinski definition) is 6. The van der Waals surface area contributed by atoms with Crippen molar-refractivity contribution in [3.05, 3.63) is 0 Å². The smallest absolute Gasteiger partial charge is 0.472 e. The van der Waals surface area contributed by atoms with E-state index in [4.69, 9.17) is 14.9 Å². The van der Waals surface area contributed by atoms with E-state index in [-0.39, 0.29) is 0 Å². The second-order valence-corrected chi connectivity index (χ2v) is 4.52. The van der Waals surface area contributed by atoms with E-state index in [0.29, 0.717) is 0 Å². The summed E-state index contributed by atoms with van der Waals surface area (Å²) in [7, 11) is -5.05. The second kappa shape index (κ2) is 4.96. The normalized spacial score (nSPS) is 39.0. The Morgan fingerprint density at radius 3 is 2.06 bits per heavy atom. The number of carboxylic acids is 1. The number of rotatable bonds is 3. The van der Waals surface area contributed by atoms with E-state index in [9.17, 15) is 24.7 Å². The molecule has 1 fully saturated rings. The standard InChI is InChI=1S/C6H11O10P/c7-1-2(8)4(5(10)11)15-6(3(1)9)16-17(12,13)14/h1-4,6-9H,(H,10,11)(H2,12,13,14)/t1-,2+,3+,4-,6+/m0/s1. The SMILES string of the molecule is O=C(O)[C@H]1O[C@H](OP(=O)(O)O)[C@H](O)[C@@H](O)[C@H]1O. The van der Waals surface area contributed by atoms with Gasteiger partial charge in [-0.3, -0.25) is 4.52 Å². The van der Waals surface area contributed by atoms with E-state index in [1.54, 1.807) is 0 Å². The number of phosphoric acid groups is 1. The van der Waals surface area contributed by atoms with E-state index in [1.165, 1.54) is 0 Å². The molecule has 0 amide bonds. The third kappa shape index (κ3) is 3.44. The van der Waals surface area contributed by atoms with Gasteiger partial charge >= 0.3 is 13.8 Å². The monoisotopic (exact) mass is 274 g/mol. The predicted molar refractivity (Wildman–Crippen MR) is 47.4 cm³/mol. The number of aliphatic hydroxyl groups is 3. The summed E-state index contributed by atoms with van der Waals surface area (Å²) in [5.74, 6) is -1.68. The van der Waals surface area contributed by atoms with Crippen LogP contribution in [0.15, 0.2) is 0 Å². The highest BCUT2D eigenvalue weighted by atomic mass is 31.2. The summed E-state index contributed by atoms with van der Waals surface area (Å²) in [6.07, 6.45) is -9.94. The number of hydrogen-bond acceptors (Lipinski definition) is 7. The third-order valence-electron chi connectivity index (χ3n) is 2.05. The highest BCUT2D eigenvalue weighted by molar-refractivity contribution is 7.46. The first-order chi connectivity index (χ1) is 7.63. The lowest BCUT2D eigenvalue weighted by molar-refractivity contribution is -0.274. The predicted octanol–water partition coefficient (Wildman–Crippen LogP) is -3.01. The Morgan fingerprint density at radius 1 is 1.12 bits per heavy atom. The molecule has 11 heteroatoms. The molecule has 0 radical (unpaired) electrons. The van der Waals surface area contributed by atoms with Gasteiger partial charge in [-0.2, -0.15) is 0 Å². The molecule has 1 saturated heterocycles. The summed E-state index contributed by atoms with van der Waals surface area (Å²) in [5.41, 5.74) is 0. The van der Waals surface area contributed by atoms with Gasteiger partial charge in [0, 0.05) is 0 Å². The summed E-state index contributed by atoms with van der Waals surface area (Å²) in [6, 6.07) is 0. The molecule has 0 saturated carbocycles. The summed E-state index contributed by atoms with van der Waals surface area (Å²) < 4.78 is 18.9. The van der Waals surface area contributed by atoms with Crippen molar-refractivity contribution < 1.29 is 48.8 Å². The maximum absolute atomic E-state index is 10.6. The highest BCUT2D eigenvalue weighted by Crippen LogP contribution is 2.40. The average molecular weight is 274 g/mol. The van der Waals surface area contributed by atoms with E-state index in [0.717, 1.165) is 0 Å². The van der Waals surface area contributed by atoms with Gasteiger partial charge in [-0.1, -0.05) is 0 Å². The number of aliphatic hydroxyl groups excluding tert-OH is 3. The van der Waals surface area contributed by atoms with Gasteiger partial charge in [0.15, 0.2) is 12.4 Å². The molecule has 0 bridgehead atoms. The van der Waals surface area contributed by atoms with Crippen LogP contribution in [0.2, 0.25) is 0 Å². The van der Waals surface area contributed by atoms with Crippen LogP contribution in [0.25, 0.3) is 0 Å². The first kappa shape index (κ1) is 14.5. The molecule has 0 aromatic carbocycles. The Balaban J connectivity index is 2.85. The molecule has 0 spiro atoms. The van der Waals surface area contributed by atoms with Gasteiger partial charge in [0.05, 0.1) is 0 Å². The van der Waals surface area contributed by atoms with Crippen LogP contribution in [0.1, 0.15) is 0 Å². The maximum Gasteiger partial charge on any atom is 0.472 e. The lowest BCUT2D eigenvalue weighted by Crippen LogP contribution is -2.60. The number of carboxylic acid groups (broad SMARTS) is 1. The van der Waals surface area contributed by atoms with Crippen molar-refractivity contribution in [3.8, 4) is 0 Å². The van der Waals surface area contributed by atoms with E-state index >= 15 is 0 Å². The van der Waals surface area contributed by atoms with Crippen LogP contribution in [0, 0.1) is 0 Å². The molecule has 5 atom stereocenters. The Hall–Kier alpha value is -0.580. The minimum absolute atomic E-state index is 1.68. The van der Waals surface area contributed by atoms with Crippen molar-refractivity contribution in [1.82, 2.24) is 0 Å². The minimum atomic E-state index is -5.05. The van der Waals surface area contributed by atoms with Gasteiger partial charge in [0.1, 0.15) is 18.3 Å². The molecule has 6 N–H and O–H groups in total. The van der Waals surface area contributed by atoms with Crippen molar-refractivity contribution in [2.75, 3.05) is 0 Å². The topological polar surface area (TPSA) is 174 Å². The lowest BCUT2D eigenvalue weighted by atomic mass is 9.99. The van der Waals surface area contributed by atoms with Crippen molar-refractivity contribution in [3.63, 3.8) is 0 Å². The molecule has 0 aromatic heterocycles. The van der Waals surface area contributed by atoms with Crippen molar-refractivity contribution in [2.45, 2.75) is 30.7 Å². The summed E-state index contributed by atoms with van der Waals surface area (Å²) in [6.45, 7) is 0. The molecule has 1 aliphatic rings. The van der Waals surface area contributed by atoms with Crippen LogP contribution in [0.3, 0.4) is 0 Å². The minimum Gasteiger partial charge on any atom is -0.479 e. The van der Waals surface area contributed by atoms with Gasteiger partial charge in [0.2, 0.25) is 0 Å². The molecule has 0 unspecified atom stereocenters. The first-order valence-corrected chi connectivity index (χ1v) is 5.83. The van der Waals surface area contributed by atoms with Gasteiger partial charge in [-0.15, -0.1) is 0 Å². The Bertz CT molecular complexity index is 338. The maximum atomic E-state index is 10.6. The van der Waals surface area contributed by atoms with Gasteiger partial charge < -0.3 is 34.9 Å². The molecule has 1 rings (SSSR count). The van der Waals surface area contributed by atoms with Crippen LogP contribution in [-0.4, -0.2) is 66.9 Å². The molecule has 1 heterocycles. The summed E-state index contributed by atoms with van der Waals surface area (Å²) in [5, 5.41) is 36.4. The zero-order chi connectivity index (χ0) is 13.4. The van der Waals surface area contributed by atoms with Crippen molar-refractivity contribution in [1.29, 1.82) is 0 Å². The number of carbonyl (C=O) groups is 1. The quantitative estimate of drug-likeness (QED) is 0.291. The fourth-order valence-corrected chi connectivity index (χ4v) is 1.72. The average Bonchev–Trinajstić information content (AvgIpc) is 2.16. The summed E-state index contributed by atoms with van der Waals surface area (Å²) in [4.78, 5) is 27.5. The van der Waals surface area contributed by atoms with Gasteiger partial charge in [-0.05, 0) is 0 Å². The van der Waals surface area contributed by atoms with Crippen LogP contribution in [0.4, 0.5) is 0 Å². The van der Waals surface area contributed by atoms with Crippen molar-refractivity contribution in [2.24, 2.45) is 0 Å². The Labute approximate surface area is 94.3 Å². The van der Waals surface area contributed by atoms with E-state index in [1.807, 2.05) is 0 Å². The zero-order valence-corrected chi connectivity index (χ0v) is 9.04. The first-order valence-electron chi connectivity index (χ1n) is 4.30. The van der Waals surface area contributed by atoms with Crippen LogP contribution in [-0.2, 0) is 18.6 Å². The van der Waals surface area contributed by atoms with Gasteiger partial charge in [0.25, 0.3) is 0 Å². The molecule has 1 aliphatic heterocycles. The lowest BCUT2D eigenvalue weighted by Gasteiger charge is -2.38. The molecular weight excluding hydrogens is 263 g/mol. The molecule has 0 aliphatic carbocycles. The second-order valence-electron chi connectivity index (χ2n) is 3.33. The van der Waals surface area contributed by atoms with Crippen LogP contribution < -0.4 is 0 Å². The van der Waals surface area contributed by atoms with Crippen LogP contribution in [0.5, 0.6) is 0 Å². The zero-order valence-electron chi connectivity index (χ0n) is 8.15. The molecular formula is C6H11O10P. The van der Waals surface area contributed by atoms with Gasteiger partial charge in [-0.25, -0.2) is 9.36 Å². The Morgan fingerprint density at radius 2 is 1.65 bits per heavy atom. The molecule has 100 valence electrons. The Kier molecular flexibility index (Phi) is 4.23.